The van der Waals surface area contributed by atoms with Crippen molar-refractivity contribution in [3.05, 3.63) is 83.0 Å². The van der Waals surface area contributed by atoms with Gasteiger partial charge in [0.25, 0.3) is 5.56 Å². The van der Waals surface area contributed by atoms with Crippen LogP contribution >= 0.6 is 27.3 Å². The van der Waals surface area contributed by atoms with Crippen molar-refractivity contribution in [2.24, 2.45) is 4.99 Å². The molecule has 4 rings (SSSR count). The zero-order chi connectivity index (χ0) is 26.7. The van der Waals surface area contributed by atoms with Crippen molar-refractivity contribution in [2.75, 3.05) is 27.4 Å². The summed E-state index contributed by atoms with van der Waals surface area (Å²) < 4.78 is 24.7. The zero-order valence-corrected chi connectivity index (χ0v) is 23.6. The fourth-order valence-electron chi connectivity index (χ4n) is 4.23. The molecule has 0 radical (unpaired) electrons. The largest absolute Gasteiger partial charge is 0.494 e. The number of methoxy groups -OCH3 is 2. The third kappa shape index (κ3) is 5.21. The number of fused-ring (bicyclic) bond motifs is 1. The fraction of sp³-hybridized carbons (Fsp3) is 0.296. The molecule has 37 heavy (non-hydrogen) atoms. The maximum absolute atomic E-state index is 13.8. The Bertz CT molecular complexity index is 1540. The summed E-state index contributed by atoms with van der Waals surface area (Å²) in [4.78, 5) is 32.0. The van der Waals surface area contributed by atoms with Crippen LogP contribution in [0, 0.1) is 0 Å². The Morgan fingerprint density at radius 3 is 2.49 bits per heavy atom. The first-order valence-corrected chi connectivity index (χ1v) is 13.3. The summed E-state index contributed by atoms with van der Waals surface area (Å²) in [5.74, 6) is 1.23. The molecule has 0 bridgehead atoms. The number of thiazole rings is 1. The quantitative estimate of drug-likeness (QED) is 0.371. The third-order valence-electron chi connectivity index (χ3n) is 5.78. The molecule has 10 heteroatoms. The standard InChI is InChI=1S/C27H27BrN2O6S/c1-6-35-19-10-8-16(9-11-19)23-22(26(32)36-7-2)15(3)29-27-30(23)25(31)21(37-27)13-17-12-18(28)14-20(33-4)24(17)34-5/h8-14,23H,6-7H2,1-5H3/b21-13-/t23-/m0/s1. The summed E-state index contributed by atoms with van der Waals surface area (Å²) in [6.45, 7) is 6.15. The van der Waals surface area contributed by atoms with Crippen molar-refractivity contribution in [3.63, 3.8) is 0 Å². The van der Waals surface area contributed by atoms with Gasteiger partial charge in [-0.1, -0.05) is 39.4 Å². The monoisotopic (exact) mass is 586 g/mol. The Balaban J connectivity index is 1.95. The van der Waals surface area contributed by atoms with Gasteiger partial charge in [-0.2, -0.15) is 0 Å². The van der Waals surface area contributed by atoms with E-state index in [2.05, 4.69) is 20.9 Å². The minimum atomic E-state index is -0.702. The second kappa shape index (κ2) is 11.4. The number of hydrogen-bond donors (Lipinski definition) is 0. The van der Waals surface area contributed by atoms with Crippen LogP contribution in [0.4, 0.5) is 0 Å². The van der Waals surface area contributed by atoms with E-state index in [1.807, 2.05) is 37.3 Å². The normalized spacial score (nSPS) is 15.2. The van der Waals surface area contributed by atoms with Crippen molar-refractivity contribution >= 4 is 39.3 Å². The number of hydrogen-bond acceptors (Lipinski definition) is 8. The van der Waals surface area contributed by atoms with Gasteiger partial charge in [-0.05, 0) is 56.7 Å². The summed E-state index contributed by atoms with van der Waals surface area (Å²) in [7, 11) is 3.10. The van der Waals surface area contributed by atoms with Crippen molar-refractivity contribution in [1.29, 1.82) is 0 Å². The van der Waals surface area contributed by atoms with Crippen LogP contribution in [-0.2, 0) is 9.53 Å². The Labute approximate surface area is 226 Å². The molecule has 3 aromatic rings. The van der Waals surface area contributed by atoms with Crippen molar-refractivity contribution in [1.82, 2.24) is 4.57 Å². The van der Waals surface area contributed by atoms with Crippen LogP contribution in [0.2, 0.25) is 0 Å². The van der Waals surface area contributed by atoms with Crippen molar-refractivity contribution in [2.45, 2.75) is 26.8 Å². The van der Waals surface area contributed by atoms with Gasteiger partial charge in [-0.25, -0.2) is 9.79 Å². The summed E-state index contributed by atoms with van der Waals surface area (Å²) in [6.07, 6.45) is 1.74. The molecule has 0 amide bonds. The summed E-state index contributed by atoms with van der Waals surface area (Å²) in [6, 6.07) is 10.3. The number of halogens is 1. The predicted octanol–water partition coefficient (Wildman–Crippen LogP) is 3.98. The van der Waals surface area contributed by atoms with E-state index in [1.165, 1.54) is 11.3 Å². The SMILES string of the molecule is CCOC(=O)C1=C(C)N=c2s/c(=C\c3cc(Br)cc(OC)c3OC)c(=O)n2[C@H]1c1ccc(OCC)cc1. The second-order valence-electron chi connectivity index (χ2n) is 8.03. The van der Waals surface area contributed by atoms with Gasteiger partial charge in [0.1, 0.15) is 5.75 Å². The summed E-state index contributed by atoms with van der Waals surface area (Å²) in [5.41, 5.74) is 1.96. The Kier molecular flexibility index (Phi) is 8.19. The van der Waals surface area contributed by atoms with E-state index in [9.17, 15) is 9.59 Å². The molecule has 2 heterocycles. The molecule has 1 atom stereocenters. The minimum Gasteiger partial charge on any atom is -0.494 e. The van der Waals surface area contributed by atoms with Crippen LogP contribution in [0.25, 0.3) is 6.08 Å². The highest BCUT2D eigenvalue weighted by molar-refractivity contribution is 9.10. The van der Waals surface area contributed by atoms with Crippen LogP contribution in [-0.4, -0.2) is 38.0 Å². The number of rotatable bonds is 8. The Morgan fingerprint density at radius 2 is 1.86 bits per heavy atom. The molecule has 8 nitrogen and oxygen atoms in total. The first kappa shape index (κ1) is 26.7. The lowest BCUT2D eigenvalue weighted by Gasteiger charge is -2.24. The molecule has 0 spiro atoms. The lowest BCUT2D eigenvalue weighted by molar-refractivity contribution is -0.139. The van der Waals surface area contributed by atoms with Crippen molar-refractivity contribution < 1.29 is 23.7 Å². The van der Waals surface area contributed by atoms with Crippen LogP contribution in [0.5, 0.6) is 17.2 Å². The number of allylic oxidation sites excluding steroid dienone is 1. The number of carbonyl (C=O) groups is 1. The van der Waals surface area contributed by atoms with E-state index < -0.39 is 12.0 Å². The number of esters is 1. The van der Waals surface area contributed by atoms with Gasteiger partial charge in [-0.15, -0.1) is 0 Å². The third-order valence-corrected chi connectivity index (χ3v) is 7.22. The average molecular weight is 587 g/mol. The van der Waals surface area contributed by atoms with Crippen LogP contribution in [0.1, 0.15) is 37.9 Å². The molecule has 0 saturated carbocycles. The summed E-state index contributed by atoms with van der Waals surface area (Å²) >= 11 is 4.73. The molecule has 1 aliphatic rings. The second-order valence-corrected chi connectivity index (χ2v) is 9.96. The van der Waals surface area contributed by atoms with Crippen molar-refractivity contribution in [3.8, 4) is 17.2 Å². The number of carbonyl (C=O) groups excluding carboxylic acids is 1. The molecular formula is C27H27BrN2O6S. The van der Waals surface area contributed by atoms with Gasteiger partial charge < -0.3 is 18.9 Å². The molecule has 2 aromatic carbocycles. The fourth-order valence-corrected chi connectivity index (χ4v) is 5.72. The van der Waals surface area contributed by atoms with Crippen LogP contribution < -0.4 is 29.1 Å². The molecule has 194 valence electrons. The highest BCUT2D eigenvalue weighted by Gasteiger charge is 2.33. The molecule has 0 saturated heterocycles. The molecule has 0 fully saturated rings. The first-order valence-electron chi connectivity index (χ1n) is 11.7. The van der Waals surface area contributed by atoms with Gasteiger partial charge >= 0.3 is 5.97 Å². The lowest BCUT2D eigenvalue weighted by atomic mass is 9.96. The molecular weight excluding hydrogens is 560 g/mol. The van der Waals surface area contributed by atoms with E-state index in [4.69, 9.17) is 18.9 Å². The van der Waals surface area contributed by atoms with Gasteiger partial charge in [-0.3, -0.25) is 9.36 Å². The Hall–Kier alpha value is -3.37. The van der Waals surface area contributed by atoms with Gasteiger partial charge in [0.2, 0.25) is 0 Å². The topological polar surface area (TPSA) is 88.4 Å². The Morgan fingerprint density at radius 1 is 1.14 bits per heavy atom. The molecule has 1 aliphatic heterocycles. The van der Waals surface area contributed by atoms with E-state index >= 15 is 0 Å². The zero-order valence-electron chi connectivity index (χ0n) is 21.2. The number of benzene rings is 2. The number of ether oxygens (including phenoxy) is 4. The highest BCUT2D eigenvalue weighted by Crippen LogP contribution is 2.35. The average Bonchev–Trinajstić information content (AvgIpc) is 3.17. The van der Waals surface area contributed by atoms with Gasteiger partial charge in [0.15, 0.2) is 16.3 Å². The number of aromatic nitrogens is 1. The maximum atomic E-state index is 13.8. The number of nitrogens with zero attached hydrogens (tertiary/aromatic N) is 2. The van der Waals surface area contributed by atoms with Crippen LogP contribution in [0.15, 0.2) is 61.9 Å². The van der Waals surface area contributed by atoms with E-state index in [0.717, 1.165) is 10.0 Å². The van der Waals surface area contributed by atoms with E-state index in [-0.39, 0.29) is 12.2 Å². The maximum Gasteiger partial charge on any atom is 0.338 e. The van der Waals surface area contributed by atoms with E-state index in [1.54, 1.807) is 44.8 Å². The van der Waals surface area contributed by atoms with Crippen LogP contribution in [0.3, 0.4) is 0 Å². The predicted molar refractivity (Wildman–Crippen MR) is 145 cm³/mol. The molecule has 0 unspecified atom stereocenters. The van der Waals surface area contributed by atoms with Gasteiger partial charge in [0, 0.05) is 10.0 Å². The molecule has 1 aromatic heterocycles. The van der Waals surface area contributed by atoms with E-state index in [0.29, 0.717) is 50.0 Å². The smallest absolute Gasteiger partial charge is 0.338 e. The molecule has 0 N–H and O–H groups in total. The lowest BCUT2D eigenvalue weighted by Crippen LogP contribution is -2.39. The molecule has 0 aliphatic carbocycles. The van der Waals surface area contributed by atoms with Gasteiger partial charge in [0.05, 0.1) is 49.3 Å². The highest BCUT2D eigenvalue weighted by atomic mass is 79.9. The summed E-state index contributed by atoms with van der Waals surface area (Å²) in [5, 5.41) is 0. The first-order chi connectivity index (χ1) is 17.8. The minimum absolute atomic E-state index is 0.209.